The van der Waals surface area contributed by atoms with Gasteiger partial charge in [-0.15, -0.1) is 0 Å². The lowest BCUT2D eigenvalue weighted by molar-refractivity contribution is 0.0695. The van der Waals surface area contributed by atoms with Crippen molar-refractivity contribution in [1.82, 2.24) is 14.5 Å². The Morgan fingerprint density at radius 2 is 1.74 bits per heavy atom. The predicted molar refractivity (Wildman–Crippen MR) is 148 cm³/mol. The summed E-state index contributed by atoms with van der Waals surface area (Å²) in [4.78, 5) is 36.0. The van der Waals surface area contributed by atoms with Crippen molar-refractivity contribution in [3.8, 4) is 16.9 Å². The molecule has 1 N–H and O–H groups in total. The highest BCUT2D eigenvalue weighted by molar-refractivity contribution is 5.88. The fourth-order valence-corrected chi connectivity index (χ4v) is 5.47. The van der Waals surface area contributed by atoms with E-state index in [9.17, 15) is 14.7 Å². The molecule has 0 aliphatic carbocycles. The Labute approximate surface area is 220 Å². The molecule has 2 aromatic carbocycles. The van der Waals surface area contributed by atoms with E-state index in [1.807, 2.05) is 30.3 Å². The third-order valence-corrected chi connectivity index (χ3v) is 7.72. The number of aromatic nitrogens is 2. The largest absolute Gasteiger partial charge is 0.477 e. The van der Waals surface area contributed by atoms with Crippen LogP contribution < -0.4 is 15.2 Å². The summed E-state index contributed by atoms with van der Waals surface area (Å²) in [5.41, 5.74) is 3.80. The van der Waals surface area contributed by atoms with Gasteiger partial charge >= 0.3 is 5.97 Å². The van der Waals surface area contributed by atoms with E-state index in [1.165, 1.54) is 25.1 Å². The number of carboxylic acid groups (broad SMARTS) is 1. The summed E-state index contributed by atoms with van der Waals surface area (Å²) in [5, 5.41) is 9.66. The zero-order chi connectivity index (χ0) is 26.4. The molecular formula is C29H31N5O4. The van der Waals surface area contributed by atoms with Gasteiger partial charge in [0, 0.05) is 61.9 Å². The molecule has 0 radical (unpaired) electrons. The van der Waals surface area contributed by atoms with Crippen molar-refractivity contribution in [2.75, 3.05) is 50.1 Å². The fraction of sp³-hybridized carbons (Fsp3) is 0.345. The van der Waals surface area contributed by atoms with Crippen molar-refractivity contribution in [3.63, 3.8) is 0 Å². The van der Waals surface area contributed by atoms with E-state index in [4.69, 9.17) is 9.40 Å². The second kappa shape index (κ2) is 9.64. The van der Waals surface area contributed by atoms with Crippen LogP contribution in [-0.4, -0.2) is 71.8 Å². The zero-order valence-electron chi connectivity index (χ0n) is 21.6. The van der Waals surface area contributed by atoms with Crippen molar-refractivity contribution >= 4 is 28.8 Å². The molecular weight excluding hydrogens is 482 g/mol. The number of fused-ring (bicyclic) bond motifs is 1. The summed E-state index contributed by atoms with van der Waals surface area (Å²) in [5.74, 6) is -1.26. The van der Waals surface area contributed by atoms with Crippen molar-refractivity contribution in [2.24, 2.45) is 0 Å². The van der Waals surface area contributed by atoms with Crippen LogP contribution in [0.2, 0.25) is 0 Å². The number of carbonyl (C=O) groups is 1. The van der Waals surface area contributed by atoms with Gasteiger partial charge in [0.25, 0.3) is 6.01 Å². The summed E-state index contributed by atoms with van der Waals surface area (Å²) in [6.07, 6.45) is 4.83. The summed E-state index contributed by atoms with van der Waals surface area (Å²) in [6.45, 7) is 3.82. The van der Waals surface area contributed by atoms with E-state index >= 15 is 0 Å². The van der Waals surface area contributed by atoms with Crippen LogP contribution in [0.1, 0.15) is 29.6 Å². The van der Waals surface area contributed by atoms with Gasteiger partial charge in [0.2, 0.25) is 0 Å². The maximum absolute atomic E-state index is 12.7. The summed E-state index contributed by atoms with van der Waals surface area (Å²) < 4.78 is 7.91. The SMILES string of the molecule is CN(C)C1CCN(c2nc3ccc(-n4cc(C(=O)O)c(=O)cc4-c4ccc(N5CCCC5)cc4)cc3o2)C1. The topological polar surface area (TPSA) is 95.1 Å². The van der Waals surface area contributed by atoms with Crippen LogP contribution >= 0.6 is 0 Å². The number of pyridine rings is 1. The first kappa shape index (κ1) is 24.2. The Bertz CT molecular complexity index is 1550. The smallest absolute Gasteiger partial charge is 0.341 e. The van der Waals surface area contributed by atoms with Gasteiger partial charge in [0.15, 0.2) is 11.0 Å². The van der Waals surface area contributed by atoms with Gasteiger partial charge in [0.1, 0.15) is 11.1 Å². The summed E-state index contributed by atoms with van der Waals surface area (Å²) in [6, 6.07) is 16.1. The number of anilines is 2. The van der Waals surface area contributed by atoms with E-state index in [0.717, 1.165) is 49.4 Å². The Balaban J connectivity index is 1.39. The highest BCUT2D eigenvalue weighted by Crippen LogP contribution is 2.30. The zero-order valence-corrected chi connectivity index (χ0v) is 21.6. The van der Waals surface area contributed by atoms with Gasteiger partial charge in [-0.05, 0) is 63.2 Å². The second-order valence-corrected chi connectivity index (χ2v) is 10.4. The first-order chi connectivity index (χ1) is 18.4. The van der Waals surface area contributed by atoms with Crippen LogP contribution in [-0.2, 0) is 0 Å². The maximum Gasteiger partial charge on any atom is 0.341 e. The number of likely N-dealkylation sites (N-methyl/N-ethyl adjacent to an activating group) is 1. The maximum atomic E-state index is 12.7. The monoisotopic (exact) mass is 513 g/mol. The van der Waals surface area contributed by atoms with E-state index in [0.29, 0.717) is 29.0 Å². The molecule has 2 aliphatic rings. The number of carboxylic acids is 1. The lowest BCUT2D eigenvalue weighted by Crippen LogP contribution is -2.31. The van der Waals surface area contributed by atoms with E-state index < -0.39 is 11.4 Å². The first-order valence-electron chi connectivity index (χ1n) is 13.0. The Morgan fingerprint density at radius 1 is 1.00 bits per heavy atom. The third kappa shape index (κ3) is 4.43. The van der Waals surface area contributed by atoms with E-state index in [1.54, 1.807) is 4.57 Å². The van der Waals surface area contributed by atoms with Crippen LogP contribution in [0, 0.1) is 0 Å². The lowest BCUT2D eigenvalue weighted by Gasteiger charge is -2.19. The van der Waals surface area contributed by atoms with E-state index in [2.05, 4.69) is 40.9 Å². The highest BCUT2D eigenvalue weighted by Gasteiger charge is 2.27. The average molecular weight is 514 g/mol. The van der Waals surface area contributed by atoms with Crippen LogP contribution in [0.5, 0.6) is 0 Å². The van der Waals surface area contributed by atoms with Gasteiger partial charge in [-0.1, -0.05) is 12.1 Å². The normalized spacial score (nSPS) is 17.7. The summed E-state index contributed by atoms with van der Waals surface area (Å²) in [7, 11) is 4.17. The molecule has 0 saturated carbocycles. The van der Waals surface area contributed by atoms with Crippen LogP contribution in [0.4, 0.5) is 11.7 Å². The molecule has 4 heterocycles. The minimum atomic E-state index is -1.26. The number of aromatic carboxylic acids is 1. The number of benzene rings is 2. The highest BCUT2D eigenvalue weighted by atomic mass is 16.4. The molecule has 2 saturated heterocycles. The molecule has 0 spiro atoms. The van der Waals surface area contributed by atoms with Crippen molar-refractivity contribution in [2.45, 2.75) is 25.3 Å². The molecule has 2 fully saturated rings. The van der Waals surface area contributed by atoms with Crippen molar-refractivity contribution in [3.05, 3.63) is 70.5 Å². The molecule has 0 bridgehead atoms. The summed E-state index contributed by atoms with van der Waals surface area (Å²) >= 11 is 0. The van der Waals surface area contributed by atoms with Crippen LogP contribution in [0.15, 0.2) is 63.9 Å². The number of nitrogens with zero attached hydrogens (tertiary/aromatic N) is 5. The molecule has 9 heteroatoms. The molecule has 2 aromatic heterocycles. The molecule has 9 nitrogen and oxygen atoms in total. The lowest BCUT2D eigenvalue weighted by atomic mass is 10.1. The number of rotatable bonds is 6. The Hall–Kier alpha value is -4.11. The Kier molecular flexibility index (Phi) is 6.15. The second-order valence-electron chi connectivity index (χ2n) is 10.4. The molecule has 38 heavy (non-hydrogen) atoms. The number of oxazole rings is 1. The number of hydrogen-bond donors (Lipinski definition) is 1. The van der Waals surface area contributed by atoms with Gasteiger partial charge in [0.05, 0.1) is 5.69 Å². The molecule has 0 amide bonds. The van der Waals surface area contributed by atoms with Gasteiger partial charge < -0.3 is 28.8 Å². The van der Waals surface area contributed by atoms with Crippen LogP contribution in [0.3, 0.4) is 0 Å². The minimum absolute atomic E-state index is 0.285. The standard InChI is InChI=1S/C29H31N5O4/c1-31(2)22-11-14-33(17-22)29-30-24-10-9-21(15-27(24)38-29)34-18-23(28(36)37)26(35)16-25(34)19-5-7-20(8-6-19)32-12-3-4-13-32/h5-10,15-16,18,22H,3-4,11-14,17H2,1-2H3,(H,36,37). The first-order valence-corrected chi connectivity index (χ1v) is 13.0. The van der Waals surface area contributed by atoms with Crippen LogP contribution in [0.25, 0.3) is 28.0 Å². The third-order valence-electron chi connectivity index (χ3n) is 7.72. The minimum Gasteiger partial charge on any atom is -0.477 e. The van der Waals surface area contributed by atoms with Gasteiger partial charge in [-0.2, -0.15) is 4.98 Å². The van der Waals surface area contributed by atoms with Crippen molar-refractivity contribution in [1.29, 1.82) is 0 Å². The van der Waals surface area contributed by atoms with E-state index in [-0.39, 0.29) is 5.56 Å². The van der Waals surface area contributed by atoms with Gasteiger partial charge in [-0.3, -0.25) is 4.79 Å². The predicted octanol–water partition coefficient (Wildman–Crippen LogP) is 4.08. The molecule has 1 unspecified atom stereocenters. The fourth-order valence-electron chi connectivity index (χ4n) is 5.47. The Morgan fingerprint density at radius 3 is 2.42 bits per heavy atom. The number of hydrogen-bond acceptors (Lipinski definition) is 7. The average Bonchev–Trinajstić information content (AvgIpc) is 3.68. The van der Waals surface area contributed by atoms with Crippen molar-refractivity contribution < 1.29 is 14.3 Å². The molecule has 2 aliphatic heterocycles. The molecule has 1 atom stereocenters. The quantitative estimate of drug-likeness (QED) is 0.412. The van der Waals surface area contributed by atoms with Gasteiger partial charge in [-0.25, -0.2) is 4.79 Å². The molecule has 4 aromatic rings. The molecule has 6 rings (SSSR count). The molecule has 196 valence electrons.